The Morgan fingerprint density at radius 3 is 2.38 bits per heavy atom. The third-order valence-corrected chi connectivity index (χ3v) is 5.74. The number of halogens is 2. The van der Waals surface area contributed by atoms with E-state index >= 15 is 0 Å². The lowest BCUT2D eigenvalue weighted by molar-refractivity contribution is 0.148. The Morgan fingerprint density at radius 2 is 1.72 bits per heavy atom. The van der Waals surface area contributed by atoms with E-state index in [4.69, 9.17) is 4.74 Å². The van der Waals surface area contributed by atoms with Crippen molar-refractivity contribution in [2.45, 2.75) is 52.1 Å². The van der Waals surface area contributed by atoms with E-state index in [1.807, 2.05) is 44.2 Å². The average Bonchev–Trinajstić information content (AvgIpc) is 2.72. The van der Waals surface area contributed by atoms with Crippen LogP contribution in [0, 0.1) is 17.6 Å². The van der Waals surface area contributed by atoms with Gasteiger partial charge in [-0.3, -0.25) is 0 Å². The van der Waals surface area contributed by atoms with Crippen LogP contribution in [0.5, 0.6) is 0 Å². The van der Waals surface area contributed by atoms with Gasteiger partial charge in [0.2, 0.25) is 0 Å². The molecule has 1 saturated carbocycles. The second-order valence-electron chi connectivity index (χ2n) is 7.77. The monoisotopic (exact) mass is 396 g/mol. The van der Waals surface area contributed by atoms with E-state index in [9.17, 15) is 8.78 Å². The summed E-state index contributed by atoms with van der Waals surface area (Å²) in [7, 11) is 0. The molecule has 1 nitrogen and oxygen atoms in total. The first-order chi connectivity index (χ1) is 14.1. The summed E-state index contributed by atoms with van der Waals surface area (Å²) in [5.74, 6) is 0.298. The van der Waals surface area contributed by atoms with Gasteiger partial charge in [-0.25, -0.2) is 8.78 Å². The Hall–Kier alpha value is -2.26. The van der Waals surface area contributed by atoms with Gasteiger partial charge in [-0.15, -0.1) is 0 Å². The van der Waals surface area contributed by atoms with E-state index in [0.29, 0.717) is 30.3 Å². The van der Waals surface area contributed by atoms with Gasteiger partial charge in [0.15, 0.2) is 0 Å². The molecule has 0 radical (unpaired) electrons. The summed E-state index contributed by atoms with van der Waals surface area (Å²) < 4.78 is 34.9. The predicted octanol–water partition coefficient (Wildman–Crippen LogP) is 7.57. The molecule has 0 N–H and O–H groups in total. The molecule has 2 aromatic rings. The van der Waals surface area contributed by atoms with Crippen LogP contribution in [0.3, 0.4) is 0 Å². The molecule has 0 heterocycles. The van der Waals surface area contributed by atoms with Crippen molar-refractivity contribution in [3.63, 3.8) is 0 Å². The van der Waals surface area contributed by atoms with Crippen LogP contribution in [-0.2, 0) is 11.3 Å². The van der Waals surface area contributed by atoms with Crippen molar-refractivity contribution >= 4 is 0 Å². The van der Waals surface area contributed by atoms with Gasteiger partial charge in [0.1, 0.15) is 11.6 Å². The summed E-state index contributed by atoms with van der Waals surface area (Å²) in [5, 5.41) is 0. The highest BCUT2D eigenvalue weighted by Gasteiger charge is 2.23. The molecule has 0 aromatic heterocycles. The zero-order chi connectivity index (χ0) is 20.6. The molecule has 0 aliphatic heterocycles. The van der Waals surface area contributed by atoms with Crippen LogP contribution in [0.25, 0.3) is 11.1 Å². The van der Waals surface area contributed by atoms with Gasteiger partial charge in [-0.05, 0) is 80.2 Å². The molecule has 29 heavy (non-hydrogen) atoms. The van der Waals surface area contributed by atoms with Crippen molar-refractivity contribution in [3.8, 4) is 11.1 Å². The number of rotatable bonds is 7. The van der Waals surface area contributed by atoms with Gasteiger partial charge in [0.05, 0.1) is 13.2 Å². The van der Waals surface area contributed by atoms with Gasteiger partial charge in [0.25, 0.3) is 0 Å². The zero-order valence-electron chi connectivity index (χ0n) is 17.3. The van der Waals surface area contributed by atoms with E-state index < -0.39 is 0 Å². The topological polar surface area (TPSA) is 9.23 Å². The quantitative estimate of drug-likeness (QED) is 0.346. The molecule has 2 aromatic carbocycles. The molecular weight excluding hydrogens is 366 g/mol. The maximum absolute atomic E-state index is 14.9. The van der Waals surface area contributed by atoms with Crippen molar-refractivity contribution in [2.75, 3.05) is 6.61 Å². The first kappa shape index (κ1) is 21.4. The molecule has 1 fully saturated rings. The van der Waals surface area contributed by atoms with Gasteiger partial charge >= 0.3 is 0 Å². The van der Waals surface area contributed by atoms with E-state index in [1.165, 1.54) is 12.1 Å². The largest absolute Gasteiger partial charge is 0.373 e. The molecule has 1 aliphatic carbocycles. The Labute approximate surface area is 173 Å². The molecular formula is C26H30F2O. The van der Waals surface area contributed by atoms with Crippen LogP contribution in [0.4, 0.5) is 8.78 Å². The predicted molar refractivity (Wildman–Crippen MR) is 116 cm³/mol. The van der Waals surface area contributed by atoms with Crippen LogP contribution in [0.1, 0.15) is 56.6 Å². The molecule has 0 amide bonds. The zero-order valence-corrected chi connectivity index (χ0v) is 17.3. The SMILES string of the molecule is C/C=C\C1CCC(c2ccc(-c3ccc(COC/C=C/C)cc3F)cc2F)CC1. The first-order valence-electron chi connectivity index (χ1n) is 10.5. The number of allylic oxidation sites excluding steroid dienone is 3. The fourth-order valence-electron chi connectivity index (χ4n) is 4.14. The summed E-state index contributed by atoms with van der Waals surface area (Å²) in [4.78, 5) is 0. The minimum Gasteiger partial charge on any atom is -0.373 e. The van der Waals surface area contributed by atoms with Crippen LogP contribution in [0.2, 0.25) is 0 Å². The number of ether oxygens (including phenoxy) is 1. The van der Waals surface area contributed by atoms with Crippen LogP contribution in [-0.4, -0.2) is 6.61 Å². The van der Waals surface area contributed by atoms with Gasteiger partial charge in [0, 0.05) is 5.56 Å². The van der Waals surface area contributed by atoms with Gasteiger partial charge < -0.3 is 4.74 Å². The van der Waals surface area contributed by atoms with E-state index in [1.54, 1.807) is 6.07 Å². The molecule has 1 aliphatic rings. The smallest absolute Gasteiger partial charge is 0.131 e. The second-order valence-corrected chi connectivity index (χ2v) is 7.77. The summed E-state index contributed by atoms with van der Waals surface area (Å²) in [5.41, 5.74) is 2.53. The fraction of sp³-hybridized carbons (Fsp3) is 0.385. The van der Waals surface area contributed by atoms with E-state index in [2.05, 4.69) is 12.2 Å². The summed E-state index contributed by atoms with van der Waals surface area (Å²) in [6, 6.07) is 10.2. The first-order valence-corrected chi connectivity index (χ1v) is 10.5. The molecule has 154 valence electrons. The number of benzene rings is 2. The van der Waals surface area contributed by atoms with E-state index in [0.717, 1.165) is 36.8 Å². The maximum atomic E-state index is 14.9. The lowest BCUT2D eigenvalue weighted by Gasteiger charge is -2.27. The molecule has 0 saturated heterocycles. The Balaban J connectivity index is 1.70. The van der Waals surface area contributed by atoms with Gasteiger partial charge in [-0.2, -0.15) is 0 Å². The van der Waals surface area contributed by atoms with Crippen LogP contribution in [0.15, 0.2) is 60.7 Å². The van der Waals surface area contributed by atoms with E-state index in [-0.39, 0.29) is 17.6 Å². The lowest BCUT2D eigenvalue weighted by Crippen LogP contribution is -2.13. The molecule has 0 spiro atoms. The summed E-state index contributed by atoms with van der Waals surface area (Å²) >= 11 is 0. The molecule has 0 atom stereocenters. The lowest BCUT2D eigenvalue weighted by atomic mass is 9.78. The van der Waals surface area contributed by atoms with Crippen molar-refractivity contribution in [3.05, 3.63) is 83.5 Å². The Bertz CT molecular complexity index is 861. The molecule has 0 unspecified atom stereocenters. The third-order valence-electron chi connectivity index (χ3n) is 5.74. The van der Waals surface area contributed by atoms with Crippen LogP contribution >= 0.6 is 0 Å². The van der Waals surface area contributed by atoms with Crippen molar-refractivity contribution in [1.29, 1.82) is 0 Å². The highest BCUT2D eigenvalue weighted by atomic mass is 19.1. The Morgan fingerprint density at radius 1 is 0.931 bits per heavy atom. The number of hydrogen-bond donors (Lipinski definition) is 0. The summed E-state index contributed by atoms with van der Waals surface area (Å²) in [6.45, 7) is 4.83. The van der Waals surface area contributed by atoms with Gasteiger partial charge in [-0.1, -0.05) is 48.6 Å². The molecule has 3 rings (SSSR count). The van der Waals surface area contributed by atoms with Crippen molar-refractivity contribution in [2.24, 2.45) is 5.92 Å². The second kappa shape index (κ2) is 10.5. The average molecular weight is 397 g/mol. The summed E-state index contributed by atoms with van der Waals surface area (Å²) in [6.07, 6.45) is 12.4. The fourth-order valence-corrected chi connectivity index (χ4v) is 4.14. The molecule has 0 bridgehead atoms. The highest BCUT2D eigenvalue weighted by molar-refractivity contribution is 5.65. The normalized spacial score (nSPS) is 20.0. The van der Waals surface area contributed by atoms with Crippen LogP contribution < -0.4 is 0 Å². The minimum atomic E-state index is -0.351. The Kier molecular flexibility index (Phi) is 7.76. The third kappa shape index (κ3) is 5.63. The highest BCUT2D eigenvalue weighted by Crippen LogP contribution is 2.38. The standard InChI is InChI=1S/C26H30F2O/c1-3-5-15-29-18-20-9-13-24(25(27)16-20)22-12-14-23(26(28)17-22)21-10-7-19(6-4-2)8-11-21/h3-6,9,12-14,16-17,19,21H,7-8,10-11,15,18H2,1-2H3/b5-3+,6-4-. The van der Waals surface area contributed by atoms with Crippen molar-refractivity contribution in [1.82, 2.24) is 0 Å². The minimum absolute atomic E-state index is 0.227. The number of hydrogen-bond acceptors (Lipinski definition) is 1. The maximum Gasteiger partial charge on any atom is 0.131 e. The van der Waals surface area contributed by atoms with Crippen molar-refractivity contribution < 1.29 is 13.5 Å². The molecule has 3 heteroatoms.